The van der Waals surface area contributed by atoms with E-state index >= 15 is 0 Å². The van der Waals surface area contributed by atoms with Gasteiger partial charge in [0.1, 0.15) is 0 Å². The van der Waals surface area contributed by atoms with Crippen molar-refractivity contribution in [1.82, 2.24) is 13.5 Å². The molecule has 1 aromatic carbocycles. The summed E-state index contributed by atoms with van der Waals surface area (Å²) in [7, 11) is 0. The molecule has 2 aromatic heterocycles. The third kappa shape index (κ3) is 1.96. The second-order valence-corrected chi connectivity index (χ2v) is 6.28. The first kappa shape index (κ1) is 11.1. The van der Waals surface area contributed by atoms with Gasteiger partial charge in [0.05, 0.1) is 0 Å². The number of halogens is 1. The van der Waals surface area contributed by atoms with Gasteiger partial charge in [-0.25, -0.2) is 0 Å². The van der Waals surface area contributed by atoms with Gasteiger partial charge in [-0.1, -0.05) is 0 Å². The van der Waals surface area contributed by atoms with E-state index in [4.69, 9.17) is 23.8 Å². The van der Waals surface area contributed by atoms with Crippen LogP contribution in [0.25, 0.3) is 15.6 Å². The van der Waals surface area contributed by atoms with Gasteiger partial charge in [0.15, 0.2) is 0 Å². The Kier molecular flexibility index (Phi) is 2.84. The van der Waals surface area contributed by atoms with Crippen molar-refractivity contribution in [3.8, 4) is 5.95 Å². The van der Waals surface area contributed by atoms with Gasteiger partial charge in [-0.2, -0.15) is 0 Å². The number of nitrogens with zero attached hydrogens (tertiary/aromatic N) is 3. The summed E-state index contributed by atoms with van der Waals surface area (Å²) in [6, 6.07) is 7.58. The zero-order valence-electron chi connectivity index (χ0n) is 8.50. The van der Waals surface area contributed by atoms with E-state index in [2.05, 4.69) is 9.97 Å². The third-order valence-corrected chi connectivity index (χ3v) is 5.41. The van der Waals surface area contributed by atoms with E-state index in [-0.39, 0.29) is 14.7 Å². The predicted octanol–water partition coefficient (Wildman–Crippen LogP) is 2.86. The Morgan fingerprint density at radius 3 is 2.76 bits per heavy atom. The van der Waals surface area contributed by atoms with E-state index in [1.54, 1.807) is 18.5 Å². The summed E-state index contributed by atoms with van der Waals surface area (Å²) in [5.74, 6) is 0.657. The van der Waals surface area contributed by atoms with E-state index in [1.165, 1.54) is 4.26 Å². The van der Waals surface area contributed by atoms with Crippen LogP contribution in [0.2, 0.25) is 5.02 Å². The van der Waals surface area contributed by atoms with Crippen molar-refractivity contribution in [3.63, 3.8) is 0 Å². The molecule has 0 saturated heterocycles. The summed E-state index contributed by atoms with van der Waals surface area (Å²) in [4.78, 5) is 8.45. The molecule has 0 atom stereocenters. The van der Waals surface area contributed by atoms with Crippen LogP contribution in [0.1, 0.15) is 0 Å². The van der Waals surface area contributed by atoms with Crippen molar-refractivity contribution in [2.75, 3.05) is 0 Å². The van der Waals surface area contributed by atoms with Crippen LogP contribution in [0, 0.1) is 4.64 Å². The summed E-state index contributed by atoms with van der Waals surface area (Å²) in [5, 5.41) is 1.81. The molecular formula is C11H6ClN3SSe. The Morgan fingerprint density at radius 2 is 2.00 bits per heavy atom. The molecule has 0 bridgehead atoms. The van der Waals surface area contributed by atoms with E-state index in [0.29, 0.717) is 5.95 Å². The zero-order valence-corrected chi connectivity index (χ0v) is 11.8. The molecule has 0 aliphatic carbocycles. The van der Waals surface area contributed by atoms with Crippen LogP contribution >= 0.6 is 23.8 Å². The summed E-state index contributed by atoms with van der Waals surface area (Å²) < 4.78 is 3.94. The molecular weight excluding hydrogens is 321 g/mol. The normalized spacial score (nSPS) is 10.9. The maximum atomic E-state index is 5.98. The number of hydrogen-bond acceptors (Lipinski definition) is 3. The van der Waals surface area contributed by atoms with Gasteiger partial charge in [-0.3, -0.25) is 0 Å². The van der Waals surface area contributed by atoms with E-state index in [1.807, 2.05) is 21.8 Å². The number of rotatable bonds is 1. The number of hydrogen-bond donors (Lipinski definition) is 0. The summed E-state index contributed by atoms with van der Waals surface area (Å²) in [6.45, 7) is 0. The number of benzene rings is 1. The minimum absolute atomic E-state index is 0.0681. The Balaban J connectivity index is 2.32. The number of aromatic nitrogens is 3. The first-order chi connectivity index (χ1) is 8.25. The molecule has 0 aliphatic rings. The van der Waals surface area contributed by atoms with Crippen LogP contribution in [-0.2, 0) is 0 Å². The van der Waals surface area contributed by atoms with Gasteiger partial charge >= 0.3 is 114 Å². The van der Waals surface area contributed by atoms with Gasteiger partial charge in [-0.05, 0) is 0 Å². The van der Waals surface area contributed by atoms with Crippen LogP contribution in [0.5, 0.6) is 0 Å². The summed E-state index contributed by atoms with van der Waals surface area (Å²) in [5.41, 5.74) is 0. The molecule has 0 N–H and O–H groups in total. The van der Waals surface area contributed by atoms with E-state index in [0.717, 1.165) is 15.0 Å². The summed E-state index contributed by atoms with van der Waals surface area (Å²) in [6.07, 6.45) is 3.44. The van der Waals surface area contributed by atoms with Crippen molar-refractivity contribution in [1.29, 1.82) is 0 Å². The fraction of sp³-hybridized carbons (Fsp3) is 0. The first-order valence-electron chi connectivity index (χ1n) is 4.85. The Bertz CT molecular complexity index is 735. The van der Waals surface area contributed by atoms with Crippen molar-refractivity contribution in [3.05, 3.63) is 46.3 Å². The fourth-order valence-electron chi connectivity index (χ4n) is 1.53. The molecule has 0 fully saturated rings. The maximum absolute atomic E-state index is 5.98. The molecule has 0 amide bonds. The second-order valence-electron chi connectivity index (χ2n) is 3.38. The first-order valence-corrected chi connectivity index (χ1v) is 7.25. The number of fused-ring (bicyclic) bond motifs is 1. The van der Waals surface area contributed by atoms with Gasteiger partial charge < -0.3 is 0 Å². The topological polar surface area (TPSA) is 30.7 Å². The van der Waals surface area contributed by atoms with Crippen molar-refractivity contribution in [2.24, 2.45) is 0 Å². The van der Waals surface area contributed by atoms with Crippen LogP contribution < -0.4 is 0 Å². The van der Waals surface area contributed by atoms with Crippen LogP contribution in [-0.4, -0.2) is 28.3 Å². The van der Waals surface area contributed by atoms with Crippen molar-refractivity contribution in [2.45, 2.75) is 0 Å². The van der Waals surface area contributed by atoms with E-state index in [9.17, 15) is 0 Å². The van der Waals surface area contributed by atoms with Crippen molar-refractivity contribution < 1.29 is 0 Å². The zero-order chi connectivity index (χ0) is 11.8. The average Bonchev–Trinajstić information content (AvgIpc) is 2.67. The van der Waals surface area contributed by atoms with Crippen molar-refractivity contribution >= 4 is 48.2 Å². The minimum atomic E-state index is 0.0681. The van der Waals surface area contributed by atoms with Crippen LogP contribution in [0.3, 0.4) is 0 Å². The molecule has 2 heterocycles. The molecule has 6 heteroatoms. The second kappa shape index (κ2) is 4.35. The third-order valence-electron chi connectivity index (χ3n) is 2.28. The molecule has 3 aromatic rings. The predicted molar refractivity (Wildman–Crippen MR) is 71.6 cm³/mol. The Labute approximate surface area is 114 Å². The Hall–Kier alpha value is -1.00. The molecule has 0 spiro atoms. The molecule has 3 nitrogen and oxygen atoms in total. The van der Waals surface area contributed by atoms with Gasteiger partial charge in [-0.15, -0.1) is 0 Å². The molecule has 0 radical (unpaired) electrons. The molecule has 0 saturated carbocycles. The molecule has 0 aliphatic heterocycles. The van der Waals surface area contributed by atoms with Crippen LogP contribution in [0.15, 0.2) is 36.7 Å². The summed E-state index contributed by atoms with van der Waals surface area (Å²) >= 11 is 11.5. The standard InChI is InChI=1S/C11H6ClN3SSe/c12-7-2-3-8-9(6-7)17-15(10(8)16)11-13-4-1-5-14-11/h1-6H. The van der Waals surface area contributed by atoms with Gasteiger partial charge in [0, 0.05) is 0 Å². The van der Waals surface area contributed by atoms with Crippen LogP contribution in [0.4, 0.5) is 0 Å². The quantitative estimate of drug-likeness (QED) is 0.509. The van der Waals surface area contributed by atoms with Gasteiger partial charge in [0.25, 0.3) is 0 Å². The fourth-order valence-corrected chi connectivity index (χ4v) is 4.53. The van der Waals surface area contributed by atoms with E-state index < -0.39 is 0 Å². The molecule has 84 valence electrons. The SMILES string of the molecule is S=c1c2ccc(Cl)cc2[se]n1-c1ncccn1. The molecule has 0 unspecified atom stereocenters. The molecule has 17 heavy (non-hydrogen) atoms. The average molecular weight is 327 g/mol. The monoisotopic (exact) mass is 327 g/mol. The Morgan fingerprint density at radius 1 is 1.24 bits per heavy atom. The van der Waals surface area contributed by atoms with Gasteiger partial charge in [0.2, 0.25) is 0 Å². The molecule has 3 rings (SSSR count).